The number of nitrogens with zero attached hydrogens (tertiary/aromatic N) is 2. The molecule has 4 aromatic carbocycles. The maximum atomic E-state index is 14.4. The first-order valence-corrected chi connectivity index (χ1v) is 14.1. The Balaban J connectivity index is 1.03. The Kier molecular flexibility index (Phi) is 8.15. The lowest BCUT2D eigenvalue weighted by atomic mass is 10.00. The molecule has 0 saturated carbocycles. The molecule has 1 aliphatic heterocycles. The van der Waals surface area contributed by atoms with Crippen LogP contribution in [-0.4, -0.2) is 52.0 Å². The summed E-state index contributed by atoms with van der Waals surface area (Å²) in [7, 11) is 0. The Morgan fingerprint density at radius 1 is 0.977 bits per heavy atom. The van der Waals surface area contributed by atoms with Crippen LogP contribution in [0.2, 0.25) is 0 Å². The van der Waals surface area contributed by atoms with Crippen molar-refractivity contribution in [2.24, 2.45) is 0 Å². The molecule has 1 fully saturated rings. The van der Waals surface area contributed by atoms with Crippen molar-refractivity contribution in [2.45, 2.75) is 31.2 Å². The van der Waals surface area contributed by atoms with Crippen LogP contribution in [0.4, 0.5) is 16.1 Å². The quantitative estimate of drug-likeness (QED) is 0.194. The molecule has 1 aliphatic rings. The number of nitrogens with one attached hydrogen (secondary N) is 1. The first kappa shape index (κ1) is 28.1. The van der Waals surface area contributed by atoms with Crippen LogP contribution in [-0.2, 0) is 11.2 Å². The number of aliphatic hydroxyl groups excluding tert-OH is 1. The molecule has 1 amide bonds. The number of likely N-dealkylation sites (tertiary alicyclic amines) is 1. The normalized spacial score (nSPS) is 17.1. The number of carbonyl (C=O) groups excluding carboxylic acids is 2. The van der Waals surface area contributed by atoms with E-state index in [-0.39, 0.29) is 31.9 Å². The Morgan fingerprint density at radius 2 is 1.70 bits per heavy atom. The minimum atomic E-state index is -1.29. The molecule has 0 aliphatic carbocycles. The van der Waals surface area contributed by atoms with E-state index in [1.165, 1.54) is 0 Å². The summed E-state index contributed by atoms with van der Waals surface area (Å²) < 4.78 is 26.0. The minimum Gasteiger partial charge on any atom is -0.491 e. The van der Waals surface area contributed by atoms with Gasteiger partial charge in [-0.3, -0.25) is 9.59 Å². The SMILES string of the molecule is O=C(c1ccccc1)C(O)c1ccc(OC[C@@H]2C[C@H](F)CN2C(=O)Cc2ccc(Nc3nc4ccccc4o3)cc2)cc1. The number of anilines is 2. The monoisotopic (exact) mass is 579 g/mol. The standard InChI is InChI=1S/C34H30FN3O5/c35-25-19-27(21-42-28-16-12-24(13-17-28)33(41)32(40)23-6-2-1-3-7-23)38(20-25)31(39)18-22-10-14-26(15-11-22)36-34-37-29-8-4-5-9-30(29)43-34/h1-17,25,27,33,41H,18-21H2,(H,36,37)/t25-,27-,33?/m0/s1. The van der Waals surface area contributed by atoms with Gasteiger partial charge in [0.15, 0.2) is 11.4 Å². The van der Waals surface area contributed by atoms with Gasteiger partial charge >= 0.3 is 0 Å². The Morgan fingerprint density at radius 3 is 2.44 bits per heavy atom. The molecule has 5 aromatic rings. The molecule has 3 atom stereocenters. The molecule has 2 N–H and O–H groups in total. The Labute approximate surface area is 247 Å². The highest BCUT2D eigenvalue weighted by Gasteiger charge is 2.35. The molecule has 2 heterocycles. The van der Waals surface area contributed by atoms with Gasteiger partial charge in [0.05, 0.1) is 19.0 Å². The number of ketones is 1. The molecule has 0 bridgehead atoms. The highest BCUT2D eigenvalue weighted by molar-refractivity contribution is 5.99. The Bertz CT molecular complexity index is 1670. The number of Topliss-reactive ketones (excluding diaryl/α,β-unsaturated/α-hetero) is 1. The summed E-state index contributed by atoms with van der Waals surface area (Å²) in [6.45, 7) is 0.154. The van der Waals surface area contributed by atoms with Crippen LogP contribution < -0.4 is 10.1 Å². The average molecular weight is 580 g/mol. The number of aliphatic hydroxyl groups is 1. The fourth-order valence-electron chi connectivity index (χ4n) is 5.20. The summed E-state index contributed by atoms with van der Waals surface area (Å²) in [5, 5.41) is 13.6. The van der Waals surface area contributed by atoms with Crippen LogP contribution in [0.3, 0.4) is 0 Å². The van der Waals surface area contributed by atoms with Crippen molar-refractivity contribution in [1.29, 1.82) is 0 Å². The van der Waals surface area contributed by atoms with E-state index >= 15 is 0 Å². The van der Waals surface area contributed by atoms with E-state index in [2.05, 4.69) is 10.3 Å². The third-order valence-corrected chi connectivity index (χ3v) is 7.48. The van der Waals surface area contributed by atoms with Crippen molar-refractivity contribution in [3.05, 3.63) is 120 Å². The van der Waals surface area contributed by atoms with Crippen molar-refractivity contribution in [1.82, 2.24) is 9.88 Å². The van der Waals surface area contributed by atoms with E-state index in [4.69, 9.17) is 9.15 Å². The summed E-state index contributed by atoms with van der Waals surface area (Å²) in [5.74, 6) is -0.0661. The zero-order chi connectivity index (χ0) is 29.8. The zero-order valence-corrected chi connectivity index (χ0v) is 23.2. The molecular weight excluding hydrogens is 549 g/mol. The number of benzene rings is 4. The van der Waals surface area contributed by atoms with Crippen LogP contribution in [0.5, 0.6) is 5.75 Å². The van der Waals surface area contributed by atoms with Gasteiger partial charge in [-0.05, 0) is 47.5 Å². The van der Waals surface area contributed by atoms with Crippen molar-refractivity contribution in [3.8, 4) is 5.75 Å². The van der Waals surface area contributed by atoms with Gasteiger partial charge in [0.25, 0.3) is 6.01 Å². The van der Waals surface area contributed by atoms with Gasteiger partial charge in [-0.1, -0.05) is 66.7 Å². The molecule has 0 radical (unpaired) electrons. The smallest absolute Gasteiger partial charge is 0.300 e. The van der Waals surface area contributed by atoms with E-state index < -0.39 is 24.1 Å². The number of ether oxygens (including phenoxy) is 1. The molecule has 1 aromatic heterocycles. The molecule has 6 rings (SSSR count). The molecule has 0 spiro atoms. The highest BCUT2D eigenvalue weighted by Crippen LogP contribution is 2.26. The first-order valence-electron chi connectivity index (χ1n) is 14.1. The van der Waals surface area contributed by atoms with Crippen molar-refractivity contribution < 1.29 is 28.2 Å². The van der Waals surface area contributed by atoms with Gasteiger partial charge in [-0.15, -0.1) is 0 Å². The van der Waals surface area contributed by atoms with Crippen LogP contribution in [0.15, 0.2) is 108 Å². The third kappa shape index (κ3) is 6.57. The number of carbonyl (C=O) groups is 2. The number of hydrogen-bond donors (Lipinski definition) is 2. The number of alkyl halides is 1. The lowest BCUT2D eigenvalue weighted by Crippen LogP contribution is -2.40. The second-order valence-electron chi connectivity index (χ2n) is 10.5. The molecule has 1 saturated heterocycles. The van der Waals surface area contributed by atoms with Gasteiger partial charge in [-0.25, -0.2) is 4.39 Å². The van der Waals surface area contributed by atoms with E-state index in [0.717, 1.165) is 16.8 Å². The number of hydrogen-bond acceptors (Lipinski definition) is 7. The van der Waals surface area contributed by atoms with Crippen molar-refractivity contribution in [3.63, 3.8) is 0 Å². The lowest BCUT2D eigenvalue weighted by Gasteiger charge is -2.24. The fraction of sp³-hybridized carbons (Fsp3) is 0.206. The summed E-state index contributed by atoms with van der Waals surface area (Å²) in [6, 6.07) is 30.0. The topological polar surface area (TPSA) is 105 Å². The molecule has 9 heteroatoms. The predicted octanol–water partition coefficient (Wildman–Crippen LogP) is 6.05. The van der Waals surface area contributed by atoms with E-state index in [1.54, 1.807) is 59.5 Å². The number of fused-ring (bicyclic) bond motifs is 1. The number of oxazole rings is 1. The number of para-hydroxylation sites is 2. The van der Waals surface area contributed by atoms with E-state index in [0.29, 0.717) is 28.5 Å². The van der Waals surface area contributed by atoms with E-state index in [9.17, 15) is 19.1 Å². The van der Waals surface area contributed by atoms with Crippen LogP contribution in [0.1, 0.15) is 34.0 Å². The van der Waals surface area contributed by atoms with Crippen molar-refractivity contribution in [2.75, 3.05) is 18.5 Å². The highest BCUT2D eigenvalue weighted by atomic mass is 19.1. The summed E-state index contributed by atoms with van der Waals surface area (Å²) in [4.78, 5) is 31.7. The number of aromatic nitrogens is 1. The zero-order valence-electron chi connectivity index (χ0n) is 23.2. The maximum absolute atomic E-state index is 14.4. The van der Waals surface area contributed by atoms with Gasteiger partial charge < -0.3 is 24.5 Å². The first-order chi connectivity index (χ1) is 20.9. The summed E-state index contributed by atoms with van der Waals surface area (Å²) in [6.07, 6.45) is -2.09. The van der Waals surface area contributed by atoms with Gasteiger partial charge in [0.2, 0.25) is 5.91 Å². The lowest BCUT2D eigenvalue weighted by molar-refractivity contribution is -0.132. The van der Waals surface area contributed by atoms with Crippen LogP contribution >= 0.6 is 0 Å². The number of amides is 1. The minimum absolute atomic E-state index is 0.0248. The Hall–Kier alpha value is -5.02. The molecule has 43 heavy (non-hydrogen) atoms. The maximum Gasteiger partial charge on any atom is 0.300 e. The van der Waals surface area contributed by atoms with Crippen LogP contribution in [0, 0.1) is 0 Å². The van der Waals surface area contributed by atoms with Gasteiger partial charge in [-0.2, -0.15) is 4.98 Å². The third-order valence-electron chi connectivity index (χ3n) is 7.48. The van der Waals surface area contributed by atoms with Gasteiger partial charge in [0.1, 0.15) is 30.1 Å². The molecule has 218 valence electrons. The predicted molar refractivity (Wildman–Crippen MR) is 160 cm³/mol. The molecule has 1 unspecified atom stereocenters. The summed E-state index contributed by atoms with van der Waals surface area (Å²) >= 11 is 0. The van der Waals surface area contributed by atoms with Gasteiger partial charge in [0, 0.05) is 17.7 Å². The molecule has 8 nitrogen and oxygen atoms in total. The second kappa shape index (κ2) is 12.5. The number of halogens is 1. The van der Waals surface area contributed by atoms with Crippen molar-refractivity contribution >= 4 is 34.5 Å². The summed E-state index contributed by atoms with van der Waals surface area (Å²) in [5.41, 5.74) is 3.88. The second-order valence-corrected chi connectivity index (χ2v) is 10.5. The largest absolute Gasteiger partial charge is 0.491 e. The average Bonchev–Trinajstić information content (AvgIpc) is 3.63. The molecular formula is C34H30FN3O5. The number of rotatable bonds is 10. The van der Waals surface area contributed by atoms with Crippen LogP contribution in [0.25, 0.3) is 11.1 Å². The fourth-order valence-corrected chi connectivity index (χ4v) is 5.20. The van der Waals surface area contributed by atoms with E-state index in [1.807, 2.05) is 48.5 Å².